The Hall–Kier alpha value is -3.31. The largest absolute Gasteiger partial charge is 0.493 e. The predicted molar refractivity (Wildman–Crippen MR) is 119 cm³/mol. The van der Waals surface area contributed by atoms with Crippen LogP contribution in [0.5, 0.6) is 17.2 Å². The van der Waals surface area contributed by atoms with Crippen LogP contribution in [0.15, 0.2) is 53.1 Å². The van der Waals surface area contributed by atoms with E-state index in [9.17, 15) is 10.1 Å². The van der Waals surface area contributed by atoms with E-state index in [0.29, 0.717) is 35.4 Å². The second kappa shape index (κ2) is 8.82. The molecule has 2 aromatic rings. The van der Waals surface area contributed by atoms with Crippen molar-refractivity contribution in [3.05, 3.63) is 58.6 Å². The summed E-state index contributed by atoms with van der Waals surface area (Å²) >= 11 is 1.51. The van der Waals surface area contributed by atoms with E-state index in [2.05, 4.69) is 11.0 Å². The smallest absolute Gasteiger partial charge is 0.229 e. The van der Waals surface area contributed by atoms with Gasteiger partial charge in [0.25, 0.3) is 0 Å². The van der Waals surface area contributed by atoms with Gasteiger partial charge in [0.15, 0.2) is 11.5 Å². The topological polar surface area (TPSA) is 75.0 Å². The number of benzene rings is 2. The van der Waals surface area contributed by atoms with Crippen LogP contribution in [0.4, 0.5) is 5.69 Å². The van der Waals surface area contributed by atoms with Crippen molar-refractivity contribution in [3.63, 3.8) is 0 Å². The van der Waals surface area contributed by atoms with Crippen molar-refractivity contribution >= 4 is 23.4 Å². The van der Waals surface area contributed by atoms with Crippen molar-refractivity contribution in [3.8, 4) is 23.3 Å². The summed E-state index contributed by atoms with van der Waals surface area (Å²) < 4.78 is 16.3. The lowest BCUT2D eigenvalue weighted by Gasteiger charge is -2.42. The van der Waals surface area contributed by atoms with Crippen LogP contribution >= 0.6 is 11.8 Å². The summed E-state index contributed by atoms with van der Waals surface area (Å²) in [4.78, 5) is 17.0. The monoisotopic (exact) mass is 437 g/mol. The van der Waals surface area contributed by atoms with Gasteiger partial charge in [0.05, 0.1) is 50.5 Å². The van der Waals surface area contributed by atoms with E-state index in [0.717, 1.165) is 16.3 Å². The fraction of sp³-hybridized carbons (Fsp3) is 0.304. The number of amides is 1. The zero-order valence-electron chi connectivity index (χ0n) is 17.6. The van der Waals surface area contributed by atoms with Gasteiger partial charge in [0, 0.05) is 18.0 Å². The number of anilines is 1. The SMILES string of the molecule is COc1cc([C@@H]2CC(=O)N3CN(c4ccccc4)CSC3=C2C#N)cc(OC)c1OC. The molecule has 8 heteroatoms. The summed E-state index contributed by atoms with van der Waals surface area (Å²) in [5.41, 5.74) is 2.43. The molecule has 1 saturated heterocycles. The first-order chi connectivity index (χ1) is 15.1. The predicted octanol–water partition coefficient (Wildman–Crippen LogP) is 3.93. The zero-order valence-corrected chi connectivity index (χ0v) is 18.4. The highest BCUT2D eigenvalue weighted by Crippen LogP contribution is 2.47. The maximum atomic E-state index is 13.1. The standard InChI is InChI=1S/C23H23N3O4S/c1-28-19-9-15(10-20(29-2)22(19)30-3)17-11-21(27)26-13-25(16-7-5-4-6-8-16)14-31-23(26)18(17)12-24/h4-10,17H,11,13-14H2,1-3H3/t17-/m0/s1. The number of rotatable bonds is 5. The lowest BCUT2D eigenvalue weighted by molar-refractivity contribution is -0.129. The second-order valence-electron chi connectivity index (χ2n) is 7.16. The van der Waals surface area contributed by atoms with Crippen LogP contribution in [-0.4, -0.2) is 44.7 Å². The Labute approximate surface area is 185 Å². The molecule has 2 aromatic carbocycles. The maximum absolute atomic E-state index is 13.1. The van der Waals surface area contributed by atoms with Crippen LogP contribution in [0.25, 0.3) is 0 Å². The van der Waals surface area contributed by atoms with Crippen molar-refractivity contribution in [2.75, 3.05) is 38.8 Å². The summed E-state index contributed by atoms with van der Waals surface area (Å²) in [7, 11) is 4.64. The third-order valence-electron chi connectivity index (χ3n) is 5.50. The Balaban J connectivity index is 1.72. The van der Waals surface area contributed by atoms with Crippen molar-refractivity contribution in [1.82, 2.24) is 4.90 Å². The van der Waals surface area contributed by atoms with Crippen LogP contribution in [0, 0.1) is 11.3 Å². The van der Waals surface area contributed by atoms with E-state index in [1.165, 1.54) is 11.8 Å². The lowest BCUT2D eigenvalue weighted by Crippen LogP contribution is -2.47. The van der Waals surface area contributed by atoms with Gasteiger partial charge < -0.3 is 19.1 Å². The third-order valence-corrected chi connectivity index (χ3v) is 6.66. The van der Waals surface area contributed by atoms with Crippen LogP contribution in [0.2, 0.25) is 0 Å². The van der Waals surface area contributed by atoms with Crippen molar-refractivity contribution in [2.24, 2.45) is 0 Å². The molecule has 2 aliphatic rings. The number of nitrogens with zero attached hydrogens (tertiary/aromatic N) is 3. The number of methoxy groups -OCH3 is 3. The van der Waals surface area contributed by atoms with Gasteiger partial charge in [-0.15, -0.1) is 0 Å². The fourth-order valence-corrected chi connectivity index (χ4v) is 5.12. The van der Waals surface area contributed by atoms with Crippen LogP contribution in [0.3, 0.4) is 0 Å². The first-order valence-corrected chi connectivity index (χ1v) is 10.8. The van der Waals surface area contributed by atoms with E-state index in [4.69, 9.17) is 14.2 Å². The Morgan fingerprint density at radius 1 is 1.06 bits per heavy atom. The molecule has 160 valence electrons. The highest BCUT2D eigenvalue weighted by atomic mass is 32.2. The zero-order chi connectivity index (χ0) is 22.0. The Kier molecular flexibility index (Phi) is 5.96. The summed E-state index contributed by atoms with van der Waals surface area (Å²) in [5.74, 6) is 1.76. The normalized spacial score (nSPS) is 18.4. The van der Waals surface area contributed by atoms with E-state index in [-0.39, 0.29) is 18.2 Å². The van der Waals surface area contributed by atoms with E-state index < -0.39 is 0 Å². The molecule has 1 amide bonds. The number of fused-ring (bicyclic) bond motifs is 1. The van der Waals surface area contributed by atoms with Gasteiger partial charge in [0.2, 0.25) is 11.7 Å². The van der Waals surface area contributed by atoms with Crippen LogP contribution in [-0.2, 0) is 4.79 Å². The number of para-hydroxylation sites is 1. The quantitative estimate of drug-likeness (QED) is 0.701. The second-order valence-corrected chi connectivity index (χ2v) is 8.09. The average Bonchev–Trinajstić information content (AvgIpc) is 2.83. The molecule has 0 aromatic heterocycles. The van der Waals surface area contributed by atoms with Gasteiger partial charge in [-0.2, -0.15) is 5.26 Å². The maximum Gasteiger partial charge on any atom is 0.229 e. The minimum absolute atomic E-state index is 0.0131. The average molecular weight is 438 g/mol. The molecule has 1 fully saturated rings. The highest BCUT2D eigenvalue weighted by molar-refractivity contribution is 8.03. The Morgan fingerprint density at radius 3 is 2.32 bits per heavy atom. The van der Waals surface area contributed by atoms with Gasteiger partial charge in [-0.25, -0.2) is 0 Å². The van der Waals surface area contributed by atoms with Gasteiger partial charge >= 0.3 is 0 Å². The van der Waals surface area contributed by atoms with E-state index in [1.54, 1.807) is 26.2 Å². The van der Waals surface area contributed by atoms with Crippen molar-refractivity contribution in [2.45, 2.75) is 12.3 Å². The number of ether oxygens (including phenoxy) is 3. The number of allylic oxidation sites excluding steroid dienone is 1. The molecule has 2 heterocycles. The molecule has 7 nitrogen and oxygen atoms in total. The van der Waals surface area contributed by atoms with Gasteiger partial charge in [-0.05, 0) is 29.8 Å². The van der Waals surface area contributed by atoms with Crippen LogP contribution in [0.1, 0.15) is 17.9 Å². The molecule has 0 radical (unpaired) electrons. The minimum atomic E-state index is -0.367. The van der Waals surface area contributed by atoms with Gasteiger partial charge in [-0.1, -0.05) is 30.0 Å². The van der Waals surface area contributed by atoms with Gasteiger partial charge in [0.1, 0.15) is 0 Å². The summed E-state index contributed by atoms with van der Waals surface area (Å²) in [6, 6.07) is 16.0. The third kappa shape index (κ3) is 3.77. The number of thioether (sulfide) groups is 1. The lowest BCUT2D eigenvalue weighted by atomic mass is 9.86. The molecule has 0 spiro atoms. The Morgan fingerprint density at radius 2 is 1.74 bits per heavy atom. The molecule has 4 rings (SSSR count). The molecule has 1 atom stereocenters. The molecular formula is C23H23N3O4S. The molecule has 31 heavy (non-hydrogen) atoms. The number of nitriles is 1. The number of hydrogen-bond acceptors (Lipinski definition) is 7. The first-order valence-electron chi connectivity index (χ1n) is 9.78. The Bertz CT molecular complexity index is 1040. The fourth-order valence-electron chi connectivity index (χ4n) is 3.95. The summed E-state index contributed by atoms with van der Waals surface area (Å²) in [5, 5.41) is 10.8. The molecular weight excluding hydrogens is 414 g/mol. The van der Waals surface area contributed by atoms with E-state index >= 15 is 0 Å². The van der Waals surface area contributed by atoms with Crippen molar-refractivity contribution in [1.29, 1.82) is 5.26 Å². The van der Waals surface area contributed by atoms with Crippen molar-refractivity contribution < 1.29 is 19.0 Å². The minimum Gasteiger partial charge on any atom is -0.493 e. The molecule has 2 aliphatic heterocycles. The van der Waals surface area contributed by atoms with E-state index in [1.807, 2.05) is 42.5 Å². The summed E-state index contributed by atoms with van der Waals surface area (Å²) in [6.45, 7) is 0.429. The summed E-state index contributed by atoms with van der Waals surface area (Å²) in [6.07, 6.45) is 0.203. The molecule has 0 unspecified atom stereocenters. The van der Waals surface area contributed by atoms with Gasteiger partial charge in [-0.3, -0.25) is 9.69 Å². The molecule has 0 N–H and O–H groups in total. The molecule has 0 bridgehead atoms. The molecule has 0 saturated carbocycles. The van der Waals surface area contributed by atoms with Crippen LogP contribution < -0.4 is 19.1 Å². The number of hydrogen-bond donors (Lipinski definition) is 0. The number of carbonyl (C=O) groups excluding carboxylic acids is 1. The number of carbonyl (C=O) groups is 1. The molecule has 0 aliphatic carbocycles. The highest BCUT2D eigenvalue weighted by Gasteiger charge is 2.39. The first kappa shape index (κ1) is 20.9.